The summed E-state index contributed by atoms with van der Waals surface area (Å²) in [6, 6.07) is 10.8. The summed E-state index contributed by atoms with van der Waals surface area (Å²) in [4.78, 5) is 11.0. The molecule has 1 aromatic carbocycles. The molecular formula is C15H17ClN4O2. The number of ether oxygens (including phenoxy) is 1. The number of aromatic nitrogens is 2. The lowest BCUT2D eigenvalue weighted by molar-refractivity contribution is 0.0994. The van der Waals surface area contributed by atoms with E-state index in [0.717, 1.165) is 12.0 Å². The molecule has 1 heterocycles. The highest BCUT2D eigenvalue weighted by Gasteiger charge is 2.13. The lowest BCUT2D eigenvalue weighted by Crippen LogP contribution is -2.17. The van der Waals surface area contributed by atoms with E-state index in [0.29, 0.717) is 17.4 Å². The molecule has 0 saturated heterocycles. The van der Waals surface area contributed by atoms with Crippen molar-refractivity contribution < 1.29 is 9.53 Å². The summed E-state index contributed by atoms with van der Waals surface area (Å²) in [5, 5.41) is 11.7. The Morgan fingerprint density at radius 1 is 1.27 bits per heavy atom. The minimum atomic E-state index is -0.604. The molecule has 2 aromatic rings. The van der Waals surface area contributed by atoms with E-state index in [1.807, 2.05) is 24.3 Å². The van der Waals surface area contributed by atoms with E-state index in [4.69, 9.17) is 22.1 Å². The SMILES string of the molecule is COCCC(Nc1ccc(C(N)=O)nn1)c1ccc(Cl)cc1. The number of halogens is 1. The van der Waals surface area contributed by atoms with Crippen molar-refractivity contribution in [3.05, 3.63) is 52.7 Å². The van der Waals surface area contributed by atoms with Crippen LogP contribution in [0, 0.1) is 0 Å². The third kappa shape index (κ3) is 4.41. The lowest BCUT2D eigenvalue weighted by atomic mass is 10.0. The highest BCUT2D eigenvalue weighted by molar-refractivity contribution is 6.30. The van der Waals surface area contributed by atoms with Gasteiger partial charge in [0.25, 0.3) is 5.91 Å². The van der Waals surface area contributed by atoms with Gasteiger partial charge in [0.15, 0.2) is 5.69 Å². The third-order valence-corrected chi connectivity index (χ3v) is 3.37. The zero-order valence-electron chi connectivity index (χ0n) is 12.1. The number of nitrogens with two attached hydrogens (primary N) is 1. The Labute approximate surface area is 133 Å². The average Bonchev–Trinajstić information content (AvgIpc) is 2.52. The maximum atomic E-state index is 11.0. The van der Waals surface area contributed by atoms with Gasteiger partial charge in [-0.2, -0.15) is 0 Å². The first-order valence-corrected chi connectivity index (χ1v) is 7.12. The number of nitrogens with one attached hydrogen (secondary N) is 1. The highest BCUT2D eigenvalue weighted by atomic mass is 35.5. The van der Waals surface area contributed by atoms with Gasteiger partial charge in [-0.1, -0.05) is 23.7 Å². The van der Waals surface area contributed by atoms with Crippen LogP contribution in [0.15, 0.2) is 36.4 Å². The molecule has 2 rings (SSSR count). The second-order valence-electron chi connectivity index (χ2n) is 4.70. The van der Waals surface area contributed by atoms with Crippen LogP contribution in [0.1, 0.15) is 28.5 Å². The summed E-state index contributed by atoms with van der Waals surface area (Å²) >= 11 is 5.92. The van der Waals surface area contributed by atoms with Gasteiger partial charge in [-0.3, -0.25) is 4.79 Å². The number of primary amides is 1. The Morgan fingerprint density at radius 2 is 2.00 bits per heavy atom. The number of hydrogen-bond acceptors (Lipinski definition) is 5. The lowest BCUT2D eigenvalue weighted by Gasteiger charge is -2.19. The minimum absolute atomic E-state index is 0.00838. The van der Waals surface area contributed by atoms with E-state index >= 15 is 0 Å². The monoisotopic (exact) mass is 320 g/mol. The number of carbonyl (C=O) groups is 1. The highest BCUT2D eigenvalue weighted by Crippen LogP contribution is 2.23. The fourth-order valence-electron chi connectivity index (χ4n) is 1.97. The van der Waals surface area contributed by atoms with Gasteiger partial charge in [0.05, 0.1) is 6.04 Å². The summed E-state index contributed by atoms with van der Waals surface area (Å²) in [5.41, 5.74) is 6.33. The van der Waals surface area contributed by atoms with Crippen LogP contribution in [0.3, 0.4) is 0 Å². The topological polar surface area (TPSA) is 90.1 Å². The molecule has 1 unspecified atom stereocenters. The number of rotatable bonds is 7. The second-order valence-corrected chi connectivity index (χ2v) is 5.13. The molecule has 6 nitrogen and oxygen atoms in total. The Kier molecular flexibility index (Phi) is 5.68. The van der Waals surface area contributed by atoms with Crippen molar-refractivity contribution in [3.8, 4) is 0 Å². The molecule has 116 valence electrons. The Morgan fingerprint density at radius 3 is 2.55 bits per heavy atom. The molecule has 0 spiro atoms. The Bertz CT molecular complexity index is 616. The summed E-state index contributed by atoms with van der Waals surface area (Å²) in [6.45, 7) is 0.590. The van der Waals surface area contributed by atoms with E-state index < -0.39 is 5.91 Å². The zero-order valence-corrected chi connectivity index (χ0v) is 12.9. The van der Waals surface area contributed by atoms with Crippen molar-refractivity contribution in [2.24, 2.45) is 5.73 Å². The van der Waals surface area contributed by atoms with Gasteiger partial charge in [0, 0.05) is 18.7 Å². The van der Waals surface area contributed by atoms with Crippen LogP contribution < -0.4 is 11.1 Å². The van der Waals surface area contributed by atoms with E-state index in [1.54, 1.807) is 13.2 Å². The van der Waals surface area contributed by atoms with Crippen LogP contribution in [0.25, 0.3) is 0 Å². The largest absolute Gasteiger partial charge is 0.385 e. The van der Waals surface area contributed by atoms with Gasteiger partial charge < -0.3 is 15.8 Å². The summed E-state index contributed by atoms with van der Waals surface area (Å²) in [7, 11) is 1.65. The number of anilines is 1. The zero-order chi connectivity index (χ0) is 15.9. The summed E-state index contributed by atoms with van der Waals surface area (Å²) in [5.74, 6) is -0.0475. The quantitative estimate of drug-likeness (QED) is 0.817. The van der Waals surface area contributed by atoms with Crippen molar-refractivity contribution in [2.75, 3.05) is 19.0 Å². The molecule has 1 atom stereocenters. The predicted octanol–water partition coefficient (Wildman–Crippen LogP) is 2.42. The van der Waals surface area contributed by atoms with Crippen LogP contribution in [-0.2, 0) is 4.74 Å². The van der Waals surface area contributed by atoms with Crippen molar-refractivity contribution in [2.45, 2.75) is 12.5 Å². The maximum absolute atomic E-state index is 11.0. The third-order valence-electron chi connectivity index (χ3n) is 3.12. The molecule has 3 N–H and O–H groups in total. The van der Waals surface area contributed by atoms with Crippen LogP contribution in [0.5, 0.6) is 0 Å². The van der Waals surface area contributed by atoms with Crippen LogP contribution in [-0.4, -0.2) is 29.8 Å². The second kappa shape index (κ2) is 7.72. The first kappa shape index (κ1) is 16.2. The molecule has 1 amide bonds. The van der Waals surface area contributed by atoms with Gasteiger partial charge in [0.1, 0.15) is 5.82 Å². The first-order chi connectivity index (χ1) is 10.6. The van der Waals surface area contributed by atoms with Crippen LogP contribution >= 0.6 is 11.6 Å². The van der Waals surface area contributed by atoms with E-state index in [1.165, 1.54) is 6.07 Å². The standard InChI is InChI=1S/C15H17ClN4O2/c1-22-9-8-12(10-2-4-11(16)5-3-10)18-14-7-6-13(15(17)21)19-20-14/h2-7,12H,8-9H2,1H3,(H2,17,21)(H,18,20). The number of methoxy groups -OCH3 is 1. The van der Waals surface area contributed by atoms with Gasteiger partial charge in [-0.25, -0.2) is 0 Å². The van der Waals surface area contributed by atoms with Gasteiger partial charge in [-0.05, 0) is 36.2 Å². The molecule has 22 heavy (non-hydrogen) atoms. The van der Waals surface area contributed by atoms with Gasteiger partial charge >= 0.3 is 0 Å². The molecule has 1 aromatic heterocycles. The smallest absolute Gasteiger partial charge is 0.269 e. The predicted molar refractivity (Wildman–Crippen MR) is 84.9 cm³/mol. The van der Waals surface area contributed by atoms with E-state index in [9.17, 15) is 4.79 Å². The number of hydrogen-bond donors (Lipinski definition) is 2. The number of carbonyl (C=O) groups excluding carboxylic acids is 1. The number of benzene rings is 1. The van der Waals surface area contributed by atoms with Crippen molar-refractivity contribution in [1.29, 1.82) is 0 Å². The number of amides is 1. The fraction of sp³-hybridized carbons (Fsp3) is 0.267. The molecule has 0 saturated carbocycles. The van der Waals surface area contributed by atoms with Crippen molar-refractivity contribution in [1.82, 2.24) is 10.2 Å². The molecular weight excluding hydrogens is 304 g/mol. The van der Waals surface area contributed by atoms with Crippen LogP contribution in [0.2, 0.25) is 5.02 Å². The molecule has 0 radical (unpaired) electrons. The first-order valence-electron chi connectivity index (χ1n) is 6.74. The molecule has 0 fully saturated rings. The number of nitrogens with zero attached hydrogens (tertiary/aromatic N) is 2. The fourth-order valence-corrected chi connectivity index (χ4v) is 2.10. The van der Waals surface area contributed by atoms with Crippen molar-refractivity contribution in [3.63, 3.8) is 0 Å². The molecule has 0 bridgehead atoms. The Balaban J connectivity index is 2.15. The van der Waals surface area contributed by atoms with Gasteiger partial charge in [0.2, 0.25) is 0 Å². The molecule has 7 heteroatoms. The summed E-state index contributed by atoms with van der Waals surface area (Å²) in [6.07, 6.45) is 0.747. The van der Waals surface area contributed by atoms with Gasteiger partial charge in [-0.15, -0.1) is 10.2 Å². The molecule has 0 aliphatic heterocycles. The Hall–Kier alpha value is -2.18. The normalized spacial score (nSPS) is 11.9. The van der Waals surface area contributed by atoms with E-state index in [-0.39, 0.29) is 11.7 Å². The van der Waals surface area contributed by atoms with E-state index in [2.05, 4.69) is 15.5 Å². The average molecular weight is 321 g/mol. The van der Waals surface area contributed by atoms with Crippen molar-refractivity contribution >= 4 is 23.3 Å². The summed E-state index contributed by atoms with van der Waals surface area (Å²) < 4.78 is 5.14. The van der Waals surface area contributed by atoms with Crippen LogP contribution in [0.4, 0.5) is 5.82 Å². The molecule has 0 aliphatic rings. The minimum Gasteiger partial charge on any atom is -0.385 e. The maximum Gasteiger partial charge on any atom is 0.269 e. The molecule has 0 aliphatic carbocycles.